The first-order valence-electron chi connectivity index (χ1n) is 4.87. The summed E-state index contributed by atoms with van der Waals surface area (Å²) in [6.45, 7) is 5.12. The van der Waals surface area contributed by atoms with E-state index in [9.17, 15) is 4.79 Å². The molecule has 5 heteroatoms. The number of carbonyl (C=O) groups excluding carboxylic acids is 1. The Morgan fingerprint density at radius 3 is 2.73 bits per heavy atom. The van der Waals surface area contributed by atoms with Gasteiger partial charge in [0.15, 0.2) is 0 Å². The van der Waals surface area contributed by atoms with Gasteiger partial charge in [0.2, 0.25) is 0 Å². The molecule has 0 radical (unpaired) electrons. The summed E-state index contributed by atoms with van der Waals surface area (Å²) in [5.74, 6) is 0.408. The number of rotatable bonds is 4. The van der Waals surface area contributed by atoms with Crippen LogP contribution in [0, 0.1) is 0 Å². The highest BCUT2D eigenvalue weighted by molar-refractivity contribution is 6.33. The van der Waals surface area contributed by atoms with Crippen LogP contribution in [0.4, 0.5) is 5.82 Å². The zero-order valence-electron chi connectivity index (χ0n) is 8.80. The molecule has 0 saturated heterocycles. The van der Waals surface area contributed by atoms with Crippen molar-refractivity contribution in [1.82, 2.24) is 10.3 Å². The van der Waals surface area contributed by atoms with Crippen molar-refractivity contribution in [2.45, 2.75) is 13.8 Å². The van der Waals surface area contributed by atoms with Gasteiger partial charge in [0, 0.05) is 13.1 Å². The third kappa shape index (κ3) is 3.09. The molecule has 1 rings (SSSR count). The van der Waals surface area contributed by atoms with E-state index < -0.39 is 0 Å². The fourth-order valence-corrected chi connectivity index (χ4v) is 1.32. The van der Waals surface area contributed by atoms with E-state index in [1.54, 1.807) is 12.1 Å². The van der Waals surface area contributed by atoms with Gasteiger partial charge in [-0.1, -0.05) is 11.6 Å². The second-order valence-corrected chi connectivity index (χ2v) is 3.32. The third-order valence-corrected chi connectivity index (χ3v) is 2.06. The maximum Gasteiger partial charge on any atom is 0.271 e. The zero-order valence-corrected chi connectivity index (χ0v) is 9.56. The Labute approximate surface area is 94.0 Å². The monoisotopic (exact) mass is 227 g/mol. The van der Waals surface area contributed by atoms with Crippen molar-refractivity contribution in [1.29, 1.82) is 0 Å². The predicted octanol–water partition coefficient (Wildman–Crippen LogP) is 1.92. The number of anilines is 1. The number of hydrogen-bond donors (Lipinski definition) is 2. The normalized spacial score (nSPS) is 9.80. The van der Waals surface area contributed by atoms with Gasteiger partial charge in [-0.3, -0.25) is 4.79 Å². The Morgan fingerprint density at radius 1 is 1.40 bits per heavy atom. The molecule has 0 spiro atoms. The smallest absolute Gasteiger partial charge is 0.271 e. The minimum Gasteiger partial charge on any atom is -0.370 e. The second kappa shape index (κ2) is 5.56. The van der Waals surface area contributed by atoms with Crippen molar-refractivity contribution in [2.75, 3.05) is 18.4 Å². The van der Waals surface area contributed by atoms with E-state index in [-0.39, 0.29) is 11.6 Å². The second-order valence-electron chi connectivity index (χ2n) is 2.92. The molecule has 1 heterocycles. The molecule has 0 aliphatic rings. The van der Waals surface area contributed by atoms with Crippen LogP contribution in [0.5, 0.6) is 0 Å². The number of pyridine rings is 1. The van der Waals surface area contributed by atoms with Gasteiger partial charge in [-0.2, -0.15) is 0 Å². The van der Waals surface area contributed by atoms with E-state index in [4.69, 9.17) is 11.6 Å². The van der Waals surface area contributed by atoms with Crippen molar-refractivity contribution >= 4 is 23.3 Å². The van der Waals surface area contributed by atoms with Gasteiger partial charge >= 0.3 is 0 Å². The Hall–Kier alpha value is -1.29. The molecule has 0 unspecified atom stereocenters. The average Bonchev–Trinajstić information content (AvgIpc) is 2.21. The number of carbonyl (C=O) groups is 1. The highest BCUT2D eigenvalue weighted by atomic mass is 35.5. The molecule has 82 valence electrons. The Balaban J connectivity index is 2.94. The average molecular weight is 228 g/mol. The summed E-state index contributed by atoms with van der Waals surface area (Å²) < 4.78 is 0. The van der Waals surface area contributed by atoms with Crippen LogP contribution < -0.4 is 10.6 Å². The van der Waals surface area contributed by atoms with E-state index >= 15 is 0 Å². The molecule has 15 heavy (non-hydrogen) atoms. The molecule has 0 fully saturated rings. The van der Waals surface area contributed by atoms with Gasteiger partial charge in [-0.05, 0) is 26.0 Å². The number of nitrogens with zero attached hydrogens (tertiary/aromatic N) is 1. The van der Waals surface area contributed by atoms with E-state index in [0.717, 1.165) is 6.54 Å². The highest BCUT2D eigenvalue weighted by Gasteiger charge is 2.11. The Bertz CT molecular complexity index is 355. The topological polar surface area (TPSA) is 54.0 Å². The number of hydrogen-bond acceptors (Lipinski definition) is 3. The first-order chi connectivity index (χ1) is 7.19. The zero-order chi connectivity index (χ0) is 11.3. The fraction of sp³-hybridized carbons (Fsp3) is 0.400. The summed E-state index contributed by atoms with van der Waals surface area (Å²) in [6.07, 6.45) is 0. The van der Waals surface area contributed by atoms with Gasteiger partial charge in [-0.15, -0.1) is 0 Å². The summed E-state index contributed by atoms with van der Waals surface area (Å²) >= 11 is 5.88. The molecular formula is C10H14ClN3O. The molecule has 0 aliphatic heterocycles. The molecule has 4 nitrogen and oxygen atoms in total. The van der Waals surface area contributed by atoms with Crippen LogP contribution in [-0.2, 0) is 0 Å². The highest BCUT2D eigenvalue weighted by Crippen LogP contribution is 2.16. The Morgan fingerprint density at radius 2 is 2.13 bits per heavy atom. The lowest BCUT2D eigenvalue weighted by Gasteiger charge is -2.07. The quantitative estimate of drug-likeness (QED) is 0.826. The molecule has 1 amide bonds. The summed E-state index contributed by atoms with van der Waals surface area (Å²) in [5, 5.41) is 6.04. The van der Waals surface area contributed by atoms with Crippen LogP contribution in [-0.4, -0.2) is 24.0 Å². The molecule has 0 bridgehead atoms. The van der Waals surface area contributed by atoms with Crippen LogP contribution >= 0.6 is 11.6 Å². The van der Waals surface area contributed by atoms with Crippen LogP contribution in [0.1, 0.15) is 24.3 Å². The number of halogens is 1. The lowest BCUT2D eigenvalue weighted by molar-refractivity contribution is 0.0951. The van der Waals surface area contributed by atoms with Crippen LogP contribution in [0.15, 0.2) is 12.1 Å². The first-order valence-corrected chi connectivity index (χ1v) is 5.25. The third-order valence-electron chi connectivity index (χ3n) is 1.76. The van der Waals surface area contributed by atoms with Crippen molar-refractivity contribution in [2.24, 2.45) is 0 Å². The lowest BCUT2D eigenvalue weighted by Crippen LogP contribution is -2.24. The molecular weight excluding hydrogens is 214 g/mol. The summed E-state index contributed by atoms with van der Waals surface area (Å²) in [5.41, 5.74) is 0.261. The molecule has 0 saturated carbocycles. The van der Waals surface area contributed by atoms with E-state index in [0.29, 0.717) is 17.4 Å². The van der Waals surface area contributed by atoms with Gasteiger partial charge in [0.1, 0.15) is 11.5 Å². The Kier molecular flexibility index (Phi) is 4.37. The maximum absolute atomic E-state index is 11.5. The van der Waals surface area contributed by atoms with Crippen molar-refractivity contribution in [3.05, 3.63) is 22.8 Å². The number of nitrogens with one attached hydrogen (secondary N) is 2. The minimum absolute atomic E-state index is 0.248. The summed E-state index contributed by atoms with van der Waals surface area (Å²) in [7, 11) is 0. The first kappa shape index (κ1) is 11.8. The molecule has 0 aromatic carbocycles. The lowest BCUT2D eigenvalue weighted by atomic mass is 10.3. The van der Waals surface area contributed by atoms with Crippen LogP contribution in [0.25, 0.3) is 0 Å². The van der Waals surface area contributed by atoms with E-state index in [1.165, 1.54) is 0 Å². The van der Waals surface area contributed by atoms with Crippen LogP contribution in [0.2, 0.25) is 5.02 Å². The van der Waals surface area contributed by atoms with Gasteiger partial charge in [0.25, 0.3) is 5.91 Å². The van der Waals surface area contributed by atoms with Gasteiger partial charge in [-0.25, -0.2) is 4.98 Å². The maximum atomic E-state index is 11.5. The largest absolute Gasteiger partial charge is 0.370 e. The summed E-state index contributed by atoms with van der Waals surface area (Å²) in [6, 6.07) is 3.41. The molecule has 0 atom stereocenters. The van der Waals surface area contributed by atoms with Crippen molar-refractivity contribution in [3.8, 4) is 0 Å². The van der Waals surface area contributed by atoms with Gasteiger partial charge in [0.05, 0.1) is 5.02 Å². The number of aromatic nitrogens is 1. The van der Waals surface area contributed by atoms with Crippen LogP contribution in [0.3, 0.4) is 0 Å². The minimum atomic E-state index is -0.248. The fourth-order valence-electron chi connectivity index (χ4n) is 1.13. The van der Waals surface area contributed by atoms with E-state index in [1.807, 2.05) is 13.8 Å². The molecule has 1 aromatic rings. The summed E-state index contributed by atoms with van der Waals surface area (Å²) in [4.78, 5) is 15.7. The molecule has 0 aliphatic carbocycles. The predicted molar refractivity (Wildman–Crippen MR) is 61.4 cm³/mol. The van der Waals surface area contributed by atoms with Crippen molar-refractivity contribution < 1.29 is 4.79 Å². The number of amides is 1. The van der Waals surface area contributed by atoms with Crippen molar-refractivity contribution in [3.63, 3.8) is 0 Å². The SMILES string of the molecule is CCNC(=O)c1nc(NCC)ccc1Cl. The molecule has 2 N–H and O–H groups in total. The van der Waals surface area contributed by atoms with E-state index in [2.05, 4.69) is 15.6 Å². The standard InChI is InChI=1S/C10H14ClN3O/c1-3-12-8-6-5-7(11)9(14-8)10(15)13-4-2/h5-6H,3-4H2,1-2H3,(H,12,14)(H,13,15). The molecule has 1 aromatic heterocycles. The van der Waals surface area contributed by atoms with Gasteiger partial charge < -0.3 is 10.6 Å².